The largest absolute Gasteiger partial charge is 0.496 e. The van der Waals surface area contributed by atoms with Gasteiger partial charge in [-0.05, 0) is 66.7 Å². The Labute approximate surface area is 201 Å². The predicted octanol–water partition coefficient (Wildman–Crippen LogP) is 5.55. The van der Waals surface area contributed by atoms with Crippen LogP contribution in [-0.4, -0.2) is 30.4 Å². The van der Waals surface area contributed by atoms with Gasteiger partial charge in [-0.2, -0.15) is 0 Å². The average Bonchev–Trinajstić information content (AvgIpc) is 3.32. The Balaban J connectivity index is 1.28. The number of methoxy groups -OCH3 is 1. The summed E-state index contributed by atoms with van der Waals surface area (Å²) in [5.41, 5.74) is 3.39. The van der Waals surface area contributed by atoms with Crippen molar-refractivity contribution >= 4 is 17.5 Å². The molecule has 5 rings (SSSR count). The van der Waals surface area contributed by atoms with Crippen molar-refractivity contribution in [3.8, 4) is 17.1 Å². The lowest BCUT2D eigenvalue weighted by Crippen LogP contribution is -2.35. The first-order valence-corrected chi connectivity index (χ1v) is 11.2. The van der Waals surface area contributed by atoms with E-state index in [2.05, 4.69) is 5.32 Å². The van der Waals surface area contributed by atoms with E-state index < -0.39 is 0 Å². The molecule has 1 aliphatic rings. The van der Waals surface area contributed by atoms with E-state index in [0.29, 0.717) is 47.8 Å². The fraction of sp³-hybridized carbons (Fsp3) is 0.143. The van der Waals surface area contributed by atoms with Crippen LogP contribution in [0, 0.1) is 5.82 Å². The van der Waals surface area contributed by atoms with E-state index in [9.17, 15) is 14.0 Å². The van der Waals surface area contributed by atoms with Gasteiger partial charge in [-0.15, -0.1) is 0 Å². The number of rotatable bonds is 5. The molecule has 0 saturated heterocycles. The van der Waals surface area contributed by atoms with Gasteiger partial charge >= 0.3 is 0 Å². The first-order valence-electron chi connectivity index (χ1n) is 11.2. The van der Waals surface area contributed by atoms with Crippen molar-refractivity contribution in [2.45, 2.75) is 13.0 Å². The predicted molar refractivity (Wildman–Crippen MR) is 130 cm³/mol. The van der Waals surface area contributed by atoms with E-state index in [4.69, 9.17) is 9.15 Å². The van der Waals surface area contributed by atoms with E-state index in [0.717, 1.165) is 16.9 Å². The summed E-state index contributed by atoms with van der Waals surface area (Å²) in [7, 11) is 1.53. The highest BCUT2D eigenvalue weighted by Crippen LogP contribution is 2.31. The SMILES string of the molecule is COc1ccccc1C(=O)Nc1ccc(-c2cc3c(o2)CCN(C(=O)c2ccc(F)cc2)C3)cc1. The van der Waals surface area contributed by atoms with Crippen molar-refractivity contribution in [2.24, 2.45) is 0 Å². The van der Waals surface area contributed by atoms with Gasteiger partial charge in [0.25, 0.3) is 11.8 Å². The van der Waals surface area contributed by atoms with Crippen molar-refractivity contribution in [1.82, 2.24) is 4.90 Å². The maximum absolute atomic E-state index is 13.2. The van der Waals surface area contributed by atoms with E-state index in [1.54, 1.807) is 23.1 Å². The normalized spacial score (nSPS) is 12.7. The average molecular weight is 471 g/mol. The zero-order valence-electron chi connectivity index (χ0n) is 19.1. The highest BCUT2D eigenvalue weighted by atomic mass is 19.1. The summed E-state index contributed by atoms with van der Waals surface area (Å²) in [6.45, 7) is 0.964. The number of hydrogen-bond acceptors (Lipinski definition) is 4. The number of para-hydroxylation sites is 1. The van der Waals surface area contributed by atoms with Gasteiger partial charge in [-0.1, -0.05) is 12.1 Å². The van der Waals surface area contributed by atoms with E-state index in [1.807, 2.05) is 36.4 Å². The number of carbonyl (C=O) groups is 2. The Bertz CT molecular complexity index is 1380. The van der Waals surface area contributed by atoms with Crippen molar-refractivity contribution in [3.63, 3.8) is 0 Å². The van der Waals surface area contributed by atoms with E-state index in [-0.39, 0.29) is 17.6 Å². The molecule has 4 aromatic rings. The Kier molecular flexibility index (Phi) is 6.06. The lowest BCUT2D eigenvalue weighted by molar-refractivity contribution is 0.0729. The van der Waals surface area contributed by atoms with Crippen LogP contribution in [0.15, 0.2) is 83.3 Å². The summed E-state index contributed by atoms with van der Waals surface area (Å²) in [5, 5.41) is 2.88. The maximum Gasteiger partial charge on any atom is 0.259 e. The molecular formula is C28H23FN2O4. The Morgan fingerprint density at radius 1 is 1.00 bits per heavy atom. The molecule has 1 aromatic heterocycles. The topological polar surface area (TPSA) is 71.8 Å². The van der Waals surface area contributed by atoms with Gasteiger partial charge in [-0.3, -0.25) is 9.59 Å². The summed E-state index contributed by atoms with van der Waals surface area (Å²) >= 11 is 0. The third-order valence-corrected chi connectivity index (χ3v) is 6.02. The van der Waals surface area contributed by atoms with Gasteiger partial charge in [-0.25, -0.2) is 4.39 Å². The standard InChI is InChI=1S/C28H23FN2O4/c1-34-25-5-3-2-4-23(25)27(32)30-22-12-8-18(9-13-22)26-16-20-17-31(15-14-24(20)35-26)28(33)19-6-10-21(29)11-7-19/h2-13,16H,14-15,17H2,1H3,(H,30,32). The molecule has 176 valence electrons. The second kappa shape index (κ2) is 9.46. The molecule has 0 fully saturated rings. The monoisotopic (exact) mass is 470 g/mol. The zero-order chi connectivity index (χ0) is 24.4. The minimum Gasteiger partial charge on any atom is -0.496 e. The third kappa shape index (κ3) is 4.66. The number of hydrogen-bond donors (Lipinski definition) is 1. The molecule has 2 heterocycles. The van der Waals surface area contributed by atoms with Crippen molar-refractivity contribution in [2.75, 3.05) is 19.0 Å². The smallest absolute Gasteiger partial charge is 0.259 e. The summed E-state index contributed by atoms with van der Waals surface area (Å²) in [6, 6.07) is 22.0. The molecule has 0 aliphatic carbocycles. The van der Waals surface area contributed by atoms with Gasteiger partial charge in [0, 0.05) is 41.9 Å². The van der Waals surface area contributed by atoms with E-state index >= 15 is 0 Å². The number of fused-ring (bicyclic) bond motifs is 1. The first kappa shape index (κ1) is 22.4. The number of ether oxygens (including phenoxy) is 1. The molecule has 1 aliphatic heterocycles. The van der Waals surface area contributed by atoms with Crippen LogP contribution in [-0.2, 0) is 13.0 Å². The summed E-state index contributed by atoms with van der Waals surface area (Å²) in [6.07, 6.45) is 0.606. The highest BCUT2D eigenvalue weighted by molar-refractivity contribution is 6.06. The number of nitrogens with one attached hydrogen (secondary N) is 1. The van der Waals surface area contributed by atoms with Crippen molar-refractivity contribution in [3.05, 3.63) is 107 Å². The molecule has 0 radical (unpaired) electrons. The van der Waals surface area contributed by atoms with Crippen molar-refractivity contribution in [1.29, 1.82) is 0 Å². The first-order chi connectivity index (χ1) is 17.0. The lowest BCUT2D eigenvalue weighted by atomic mass is 10.1. The number of halogens is 1. The van der Waals surface area contributed by atoms with Crippen LogP contribution < -0.4 is 10.1 Å². The molecule has 2 amide bonds. The molecule has 6 nitrogen and oxygen atoms in total. The van der Waals surface area contributed by atoms with Crippen molar-refractivity contribution < 1.29 is 23.1 Å². The fourth-order valence-corrected chi connectivity index (χ4v) is 4.17. The van der Waals surface area contributed by atoms with Gasteiger partial charge in [0.1, 0.15) is 23.1 Å². The molecule has 7 heteroatoms. The molecule has 35 heavy (non-hydrogen) atoms. The van der Waals surface area contributed by atoms with Crippen LogP contribution in [0.3, 0.4) is 0 Å². The summed E-state index contributed by atoms with van der Waals surface area (Å²) in [5.74, 6) is 1.32. The minimum absolute atomic E-state index is 0.131. The van der Waals surface area contributed by atoms with E-state index in [1.165, 1.54) is 31.4 Å². The highest BCUT2D eigenvalue weighted by Gasteiger charge is 2.25. The molecular weight excluding hydrogens is 447 g/mol. The number of benzene rings is 3. The molecule has 0 unspecified atom stereocenters. The molecule has 1 N–H and O–H groups in total. The number of anilines is 1. The van der Waals surface area contributed by atoms with Crippen LogP contribution in [0.2, 0.25) is 0 Å². The molecule has 3 aromatic carbocycles. The zero-order valence-corrected chi connectivity index (χ0v) is 19.1. The molecule has 0 bridgehead atoms. The second-order valence-electron chi connectivity index (χ2n) is 8.27. The van der Waals surface area contributed by atoms with Gasteiger partial charge in [0.05, 0.1) is 12.7 Å². The van der Waals surface area contributed by atoms with Crippen LogP contribution in [0.4, 0.5) is 10.1 Å². The molecule has 0 spiro atoms. The Hall–Kier alpha value is -4.39. The van der Waals surface area contributed by atoms with Crippen LogP contribution in [0.25, 0.3) is 11.3 Å². The Morgan fingerprint density at radius 2 is 1.74 bits per heavy atom. The second-order valence-corrected chi connectivity index (χ2v) is 8.27. The quantitative estimate of drug-likeness (QED) is 0.415. The number of carbonyl (C=O) groups excluding carboxylic acids is 2. The van der Waals surface area contributed by atoms with Crippen LogP contribution >= 0.6 is 0 Å². The fourth-order valence-electron chi connectivity index (χ4n) is 4.17. The van der Waals surface area contributed by atoms with Crippen LogP contribution in [0.5, 0.6) is 5.75 Å². The minimum atomic E-state index is -0.368. The Morgan fingerprint density at radius 3 is 2.49 bits per heavy atom. The van der Waals surface area contributed by atoms with Gasteiger partial charge in [0.15, 0.2) is 0 Å². The number of nitrogens with zero attached hydrogens (tertiary/aromatic N) is 1. The summed E-state index contributed by atoms with van der Waals surface area (Å²) < 4.78 is 24.5. The molecule has 0 atom stereocenters. The van der Waals surface area contributed by atoms with Crippen LogP contribution in [0.1, 0.15) is 32.0 Å². The molecule has 0 saturated carbocycles. The van der Waals surface area contributed by atoms with Gasteiger partial charge in [0.2, 0.25) is 0 Å². The number of amides is 2. The lowest BCUT2D eigenvalue weighted by Gasteiger charge is -2.26. The maximum atomic E-state index is 13.2. The number of furan rings is 1. The summed E-state index contributed by atoms with van der Waals surface area (Å²) in [4.78, 5) is 27.2. The third-order valence-electron chi connectivity index (χ3n) is 6.02. The van der Waals surface area contributed by atoms with Gasteiger partial charge < -0.3 is 19.4 Å².